The van der Waals surface area contributed by atoms with Crippen LogP contribution in [0.5, 0.6) is 0 Å². The predicted molar refractivity (Wildman–Crippen MR) is 123 cm³/mol. The number of rotatable bonds is 8. The second kappa shape index (κ2) is 10.5. The number of ether oxygens (including phenoxy) is 2. The Kier molecular flexibility index (Phi) is 7.45. The molecule has 1 amide bonds. The van der Waals surface area contributed by atoms with E-state index in [9.17, 15) is 9.59 Å². The van der Waals surface area contributed by atoms with Crippen LogP contribution in [0, 0.1) is 5.92 Å². The normalized spacial score (nSPS) is 17.8. The lowest BCUT2D eigenvalue weighted by molar-refractivity contribution is -0.134. The molecule has 0 N–H and O–H groups in total. The highest BCUT2D eigenvalue weighted by Crippen LogP contribution is 2.31. The summed E-state index contributed by atoms with van der Waals surface area (Å²) in [5.74, 6) is 0.249. The van der Waals surface area contributed by atoms with E-state index in [1.54, 1.807) is 12.1 Å². The Morgan fingerprint density at radius 3 is 2.25 bits per heavy atom. The van der Waals surface area contributed by atoms with Gasteiger partial charge in [0.25, 0.3) is 0 Å². The third kappa shape index (κ3) is 5.88. The van der Waals surface area contributed by atoms with Gasteiger partial charge in [0.05, 0.1) is 25.4 Å². The Balaban J connectivity index is 1.37. The van der Waals surface area contributed by atoms with Gasteiger partial charge in [-0.1, -0.05) is 35.9 Å². The number of carbonyl (C=O) groups is 2. The molecule has 1 heterocycles. The molecule has 2 aromatic rings. The molecule has 32 heavy (non-hydrogen) atoms. The zero-order chi connectivity index (χ0) is 22.5. The number of amides is 1. The fourth-order valence-corrected chi connectivity index (χ4v) is 4.08. The van der Waals surface area contributed by atoms with Crippen molar-refractivity contribution in [1.82, 2.24) is 9.80 Å². The lowest BCUT2D eigenvalue weighted by atomic mass is 10.1. The summed E-state index contributed by atoms with van der Waals surface area (Å²) in [5, 5.41) is 0.693. The molecule has 170 valence electrons. The van der Waals surface area contributed by atoms with Crippen molar-refractivity contribution in [1.29, 1.82) is 0 Å². The minimum Gasteiger partial charge on any atom is -0.465 e. The lowest BCUT2D eigenvalue weighted by Gasteiger charge is -2.36. The molecule has 7 heteroatoms. The van der Waals surface area contributed by atoms with E-state index in [1.807, 2.05) is 41.3 Å². The summed E-state index contributed by atoms with van der Waals surface area (Å²) in [5.41, 5.74) is 2.57. The Labute approximate surface area is 194 Å². The molecule has 4 rings (SSSR count). The van der Waals surface area contributed by atoms with Crippen molar-refractivity contribution in [2.75, 3.05) is 39.8 Å². The van der Waals surface area contributed by atoms with Gasteiger partial charge in [0.2, 0.25) is 5.91 Å². The number of piperazine rings is 1. The van der Waals surface area contributed by atoms with E-state index in [4.69, 9.17) is 21.1 Å². The van der Waals surface area contributed by atoms with Crippen LogP contribution in [-0.4, -0.2) is 61.5 Å². The summed E-state index contributed by atoms with van der Waals surface area (Å²) >= 11 is 6.08. The molecular weight excluding hydrogens is 428 g/mol. The van der Waals surface area contributed by atoms with Gasteiger partial charge >= 0.3 is 5.97 Å². The zero-order valence-corrected chi connectivity index (χ0v) is 19.1. The average molecular weight is 457 g/mol. The number of halogens is 1. The second-order valence-electron chi connectivity index (χ2n) is 8.44. The number of hydrogen-bond donors (Lipinski definition) is 0. The summed E-state index contributed by atoms with van der Waals surface area (Å²) in [6, 6.07) is 15.0. The molecule has 6 nitrogen and oxygen atoms in total. The molecule has 0 radical (unpaired) electrons. The number of methoxy groups -OCH3 is 1. The molecule has 1 aliphatic heterocycles. The van der Waals surface area contributed by atoms with Gasteiger partial charge in [-0.15, -0.1) is 0 Å². The van der Waals surface area contributed by atoms with E-state index >= 15 is 0 Å². The smallest absolute Gasteiger partial charge is 0.337 e. The van der Waals surface area contributed by atoms with Crippen LogP contribution in [0.25, 0.3) is 0 Å². The molecular formula is C25H29ClN2O4. The van der Waals surface area contributed by atoms with Crippen LogP contribution >= 0.6 is 11.6 Å². The van der Waals surface area contributed by atoms with Crippen molar-refractivity contribution in [3.63, 3.8) is 0 Å². The van der Waals surface area contributed by atoms with E-state index in [1.165, 1.54) is 7.11 Å². The van der Waals surface area contributed by atoms with Crippen LogP contribution in [0.15, 0.2) is 48.5 Å². The van der Waals surface area contributed by atoms with Crippen LogP contribution in [0.4, 0.5) is 0 Å². The Morgan fingerprint density at radius 2 is 1.66 bits per heavy atom. The number of hydrogen-bond acceptors (Lipinski definition) is 5. The quantitative estimate of drug-likeness (QED) is 0.563. The topological polar surface area (TPSA) is 59.1 Å². The van der Waals surface area contributed by atoms with Crippen molar-refractivity contribution >= 4 is 23.5 Å². The molecule has 2 aromatic carbocycles. The van der Waals surface area contributed by atoms with Gasteiger partial charge in [-0.2, -0.15) is 0 Å². The molecule has 0 bridgehead atoms. The van der Waals surface area contributed by atoms with E-state index in [0.717, 1.165) is 56.7 Å². The maximum atomic E-state index is 12.3. The fraction of sp³-hybridized carbons (Fsp3) is 0.440. The summed E-state index contributed by atoms with van der Waals surface area (Å²) in [6.45, 7) is 4.41. The second-order valence-corrected chi connectivity index (χ2v) is 8.88. The summed E-state index contributed by atoms with van der Waals surface area (Å²) in [6.07, 6.45) is 1.97. The van der Waals surface area contributed by atoms with Gasteiger partial charge in [0.15, 0.2) is 0 Å². The van der Waals surface area contributed by atoms with Crippen molar-refractivity contribution in [3.05, 3.63) is 70.2 Å². The zero-order valence-electron chi connectivity index (χ0n) is 18.3. The highest BCUT2D eigenvalue weighted by atomic mass is 35.5. The van der Waals surface area contributed by atoms with E-state index in [0.29, 0.717) is 23.1 Å². The summed E-state index contributed by atoms with van der Waals surface area (Å²) in [7, 11) is 1.37. The van der Waals surface area contributed by atoms with Crippen molar-refractivity contribution < 1.29 is 19.1 Å². The molecule has 1 atom stereocenters. The molecule has 0 aromatic heterocycles. The summed E-state index contributed by atoms with van der Waals surface area (Å²) < 4.78 is 11.1. The van der Waals surface area contributed by atoms with Crippen molar-refractivity contribution in [3.8, 4) is 0 Å². The van der Waals surface area contributed by atoms with Gasteiger partial charge in [-0.05, 0) is 48.2 Å². The minimum absolute atomic E-state index is 0.127. The predicted octanol–water partition coefficient (Wildman–Crippen LogP) is 3.94. The molecule has 1 unspecified atom stereocenters. The fourth-order valence-electron chi connectivity index (χ4n) is 3.96. The molecule has 2 fully saturated rings. The van der Waals surface area contributed by atoms with Crippen LogP contribution in [0.1, 0.15) is 40.4 Å². The average Bonchev–Trinajstić information content (AvgIpc) is 3.68. The van der Waals surface area contributed by atoms with Gasteiger partial charge in [-0.3, -0.25) is 9.69 Å². The first-order valence-corrected chi connectivity index (χ1v) is 11.5. The Morgan fingerprint density at radius 1 is 1.00 bits per heavy atom. The molecule has 2 aliphatic rings. The number of esters is 1. The van der Waals surface area contributed by atoms with Crippen LogP contribution in [0.3, 0.4) is 0 Å². The van der Waals surface area contributed by atoms with Gasteiger partial charge < -0.3 is 14.4 Å². The monoisotopic (exact) mass is 456 g/mol. The Bertz CT molecular complexity index is 920. The largest absolute Gasteiger partial charge is 0.465 e. The first-order chi connectivity index (χ1) is 15.5. The van der Waals surface area contributed by atoms with Gasteiger partial charge in [-0.25, -0.2) is 4.79 Å². The van der Waals surface area contributed by atoms with E-state index in [2.05, 4.69) is 4.90 Å². The van der Waals surface area contributed by atoms with E-state index in [-0.39, 0.29) is 18.0 Å². The standard InChI is InChI=1S/C25H29ClN2O4/c1-31-25(30)21-4-2-18(3-5-21)17-32-23(19-8-10-22(26)11-9-19)16-27-12-14-28(15-13-27)24(29)20-6-7-20/h2-5,8-11,20,23H,6-7,12-17H2,1H3. The SMILES string of the molecule is COC(=O)c1ccc(COC(CN2CCN(C(=O)C3CC3)CC2)c2ccc(Cl)cc2)cc1. The minimum atomic E-state index is -0.351. The highest BCUT2D eigenvalue weighted by molar-refractivity contribution is 6.30. The molecule has 0 spiro atoms. The van der Waals surface area contributed by atoms with Crippen LogP contribution < -0.4 is 0 Å². The maximum absolute atomic E-state index is 12.3. The number of benzene rings is 2. The van der Waals surface area contributed by atoms with Gasteiger partial charge in [0, 0.05) is 43.7 Å². The third-order valence-corrected chi connectivity index (χ3v) is 6.35. The summed E-state index contributed by atoms with van der Waals surface area (Å²) in [4.78, 5) is 28.3. The van der Waals surface area contributed by atoms with Crippen LogP contribution in [-0.2, 0) is 20.9 Å². The highest BCUT2D eigenvalue weighted by Gasteiger charge is 2.34. The number of carbonyl (C=O) groups excluding carboxylic acids is 2. The molecule has 1 saturated carbocycles. The van der Waals surface area contributed by atoms with Crippen LogP contribution in [0.2, 0.25) is 5.02 Å². The van der Waals surface area contributed by atoms with E-state index < -0.39 is 0 Å². The van der Waals surface area contributed by atoms with Gasteiger partial charge in [0.1, 0.15) is 0 Å². The number of nitrogens with zero attached hydrogens (tertiary/aromatic N) is 2. The third-order valence-electron chi connectivity index (χ3n) is 6.10. The van der Waals surface area contributed by atoms with Crippen molar-refractivity contribution in [2.45, 2.75) is 25.6 Å². The molecule has 1 saturated heterocycles. The first kappa shape index (κ1) is 22.8. The molecule has 1 aliphatic carbocycles. The maximum Gasteiger partial charge on any atom is 0.337 e. The Hall–Kier alpha value is -2.41. The first-order valence-electron chi connectivity index (χ1n) is 11.1. The van der Waals surface area contributed by atoms with Crippen molar-refractivity contribution in [2.24, 2.45) is 5.92 Å². The lowest BCUT2D eigenvalue weighted by Crippen LogP contribution is -2.50.